The summed E-state index contributed by atoms with van der Waals surface area (Å²) in [6.45, 7) is 23.0. The number of nitrogens with zero attached hydrogens (tertiary/aromatic N) is 2. The summed E-state index contributed by atoms with van der Waals surface area (Å²) in [7, 11) is 0. The van der Waals surface area contributed by atoms with E-state index in [1.54, 1.807) is 0 Å². The minimum Gasteiger partial charge on any atom is -0.310 e. The highest BCUT2D eigenvalue weighted by Gasteiger charge is 2.37. The zero-order chi connectivity index (χ0) is 44.2. The highest BCUT2D eigenvalue weighted by Crippen LogP contribution is 2.53. The first kappa shape index (κ1) is 42.2. The van der Waals surface area contributed by atoms with Crippen LogP contribution in [-0.2, 0) is 18.3 Å². The van der Waals surface area contributed by atoms with Crippen molar-refractivity contribution in [2.24, 2.45) is 0 Å². The quantitative estimate of drug-likeness (QED) is 0.121. The third-order valence-electron chi connectivity index (χ3n) is 13.8. The molecule has 0 atom stereocenters. The van der Waals surface area contributed by atoms with Gasteiger partial charge in [-0.05, 0) is 193 Å². The standard InChI is InChI=1S/C61H64N2/c1-11-13-15-45-31-41(5)59(42(6)32-45)62(51-23-21-47-29-39(3)17-19-49(47)35-51)53-25-27-55-56-28-26-54(38-58(56)61(9,10)57(55)37-53)63(52-24-22-48-30-40(4)18-20-50(48)36-52)60-43(7)33-46(16-14-12-2)34-44(60)8/h17-38H,11-16H2,1-10H3. The van der Waals surface area contributed by atoms with Gasteiger partial charge in [-0.15, -0.1) is 0 Å². The van der Waals surface area contributed by atoms with Crippen molar-refractivity contribution >= 4 is 55.7 Å². The van der Waals surface area contributed by atoms with Crippen molar-refractivity contribution in [1.82, 2.24) is 0 Å². The molecule has 0 fully saturated rings. The van der Waals surface area contributed by atoms with E-state index in [-0.39, 0.29) is 5.41 Å². The summed E-state index contributed by atoms with van der Waals surface area (Å²) in [5.41, 5.74) is 23.1. The van der Waals surface area contributed by atoms with Crippen LogP contribution < -0.4 is 9.80 Å². The summed E-state index contributed by atoms with van der Waals surface area (Å²) in [6.07, 6.45) is 7.04. The van der Waals surface area contributed by atoms with Crippen LogP contribution in [0, 0.1) is 41.5 Å². The molecule has 0 spiro atoms. The topological polar surface area (TPSA) is 6.48 Å². The minimum absolute atomic E-state index is 0.238. The van der Waals surface area contributed by atoms with Crippen molar-refractivity contribution in [1.29, 1.82) is 0 Å². The van der Waals surface area contributed by atoms with E-state index in [4.69, 9.17) is 0 Å². The van der Waals surface area contributed by atoms with Crippen LogP contribution in [0.15, 0.2) is 133 Å². The molecule has 9 rings (SSSR count). The van der Waals surface area contributed by atoms with E-state index in [1.807, 2.05) is 0 Å². The van der Waals surface area contributed by atoms with Gasteiger partial charge in [0.15, 0.2) is 0 Å². The second-order valence-electron chi connectivity index (χ2n) is 19.2. The lowest BCUT2D eigenvalue weighted by Crippen LogP contribution is -2.18. The van der Waals surface area contributed by atoms with E-state index in [2.05, 4.69) is 212 Å². The van der Waals surface area contributed by atoms with Crippen molar-refractivity contribution in [3.63, 3.8) is 0 Å². The van der Waals surface area contributed by atoms with Gasteiger partial charge in [0.05, 0.1) is 11.4 Å². The van der Waals surface area contributed by atoms with E-state index < -0.39 is 0 Å². The van der Waals surface area contributed by atoms with Gasteiger partial charge in [0.2, 0.25) is 0 Å². The van der Waals surface area contributed by atoms with Gasteiger partial charge in [-0.3, -0.25) is 0 Å². The first-order chi connectivity index (χ1) is 30.3. The second-order valence-corrected chi connectivity index (χ2v) is 19.2. The molecule has 8 aromatic carbocycles. The Labute approximate surface area is 377 Å². The molecule has 0 heterocycles. The van der Waals surface area contributed by atoms with E-state index in [0.717, 1.165) is 12.8 Å². The number of aryl methyl sites for hydroxylation is 8. The van der Waals surface area contributed by atoms with Crippen molar-refractivity contribution in [2.75, 3.05) is 9.80 Å². The lowest BCUT2D eigenvalue weighted by atomic mass is 9.82. The van der Waals surface area contributed by atoms with Gasteiger partial charge < -0.3 is 9.80 Å². The Balaban J connectivity index is 1.18. The van der Waals surface area contributed by atoms with Crippen LogP contribution in [0.2, 0.25) is 0 Å². The molecule has 0 saturated heterocycles. The Morgan fingerprint density at radius 1 is 0.381 bits per heavy atom. The predicted octanol–water partition coefficient (Wildman–Crippen LogP) is 17.8. The summed E-state index contributed by atoms with van der Waals surface area (Å²) in [6, 6.07) is 51.7. The number of rotatable bonds is 12. The molecule has 318 valence electrons. The summed E-state index contributed by atoms with van der Waals surface area (Å²) in [5, 5.41) is 5.06. The largest absolute Gasteiger partial charge is 0.310 e. The number of unbranched alkanes of at least 4 members (excludes halogenated alkanes) is 2. The van der Waals surface area contributed by atoms with Gasteiger partial charge in [0.25, 0.3) is 0 Å². The molecule has 2 heteroatoms. The number of benzene rings is 8. The fraction of sp³-hybridized carbons (Fsp3) is 0.279. The van der Waals surface area contributed by atoms with Crippen LogP contribution in [0.1, 0.15) is 109 Å². The maximum absolute atomic E-state index is 2.52. The fourth-order valence-corrected chi connectivity index (χ4v) is 10.6. The number of hydrogen-bond donors (Lipinski definition) is 0. The zero-order valence-electron chi connectivity index (χ0n) is 39.3. The predicted molar refractivity (Wildman–Crippen MR) is 274 cm³/mol. The molecular weight excluding hydrogens is 761 g/mol. The second kappa shape index (κ2) is 16.9. The van der Waals surface area contributed by atoms with Crippen molar-refractivity contribution < 1.29 is 0 Å². The minimum atomic E-state index is -0.238. The molecule has 0 saturated carbocycles. The van der Waals surface area contributed by atoms with Crippen molar-refractivity contribution in [3.05, 3.63) is 189 Å². The van der Waals surface area contributed by atoms with Gasteiger partial charge in [-0.25, -0.2) is 0 Å². The molecule has 8 aromatic rings. The smallest absolute Gasteiger partial charge is 0.0520 e. The van der Waals surface area contributed by atoms with Gasteiger partial charge in [-0.1, -0.05) is 137 Å². The van der Waals surface area contributed by atoms with Crippen LogP contribution in [0.3, 0.4) is 0 Å². The first-order valence-corrected chi connectivity index (χ1v) is 23.5. The summed E-state index contributed by atoms with van der Waals surface area (Å²) >= 11 is 0. The highest BCUT2D eigenvalue weighted by molar-refractivity contribution is 5.94. The Morgan fingerprint density at radius 2 is 0.714 bits per heavy atom. The van der Waals surface area contributed by atoms with E-state index in [1.165, 1.54) is 148 Å². The SMILES string of the molecule is CCCCc1cc(C)c(N(c2ccc3c(c2)C(C)(C)c2cc(N(c4ccc5cc(C)ccc5c4)c4c(C)cc(CCCC)cc4C)ccc2-3)c2ccc3cc(C)ccc3c2)c(C)c1. The lowest BCUT2D eigenvalue weighted by molar-refractivity contribution is 0.660. The Kier molecular flexibility index (Phi) is 11.3. The maximum atomic E-state index is 2.52. The molecule has 0 amide bonds. The van der Waals surface area contributed by atoms with E-state index in [0.29, 0.717) is 0 Å². The fourth-order valence-electron chi connectivity index (χ4n) is 10.6. The molecule has 63 heavy (non-hydrogen) atoms. The molecule has 0 aliphatic heterocycles. The van der Waals surface area contributed by atoms with Gasteiger partial charge in [-0.2, -0.15) is 0 Å². The third kappa shape index (κ3) is 7.84. The number of hydrogen-bond acceptors (Lipinski definition) is 2. The van der Waals surface area contributed by atoms with Gasteiger partial charge >= 0.3 is 0 Å². The van der Waals surface area contributed by atoms with Crippen LogP contribution >= 0.6 is 0 Å². The van der Waals surface area contributed by atoms with Gasteiger partial charge in [0, 0.05) is 28.2 Å². The maximum Gasteiger partial charge on any atom is 0.0520 e. The van der Waals surface area contributed by atoms with Crippen molar-refractivity contribution in [3.8, 4) is 11.1 Å². The van der Waals surface area contributed by atoms with Gasteiger partial charge in [0.1, 0.15) is 0 Å². The third-order valence-corrected chi connectivity index (χ3v) is 13.8. The summed E-state index contributed by atoms with van der Waals surface area (Å²) in [4.78, 5) is 5.05. The molecular formula is C61H64N2. The normalized spacial score (nSPS) is 12.8. The zero-order valence-corrected chi connectivity index (χ0v) is 39.3. The molecule has 0 radical (unpaired) electrons. The highest BCUT2D eigenvalue weighted by atomic mass is 15.2. The molecule has 0 aromatic heterocycles. The molecule has 2 nitrogen and oxygen atoms in total. The monoisotopic (exact) mass is 825 g/mol. The number of fused-ring (bicyclic) bond motifs is 5. The van der Waals surface area contributed by atoms with E-state index in [9.17, 15) is 0 Å². The summed E-state index contributed by atoms with van der Waals surface area (Å²) in [5.74, 6) is 0. The Hall–Kier alpha value is -6.12. The Morgan fingerprint density at radius 3 is 1.10 bits per heavy atom. The number of anilines is 6. The molecule has 0 bridgehead atoms. The first-order valence-electron chi connectivity index (χ1n) is 23.5. The van der Waals surface area contributed by atoms with Crippen LogP contribution in [0.25, 0.3) is 32.7 Å². The average Bonchev–Trinajstić information content (AvgIpc) is 3.48. The molecule has 0 unspecified atom stereocenters. The van der Waals surface area contributed by atoms with E-state index >= 15 is 0 Å². The molecule has 0 N–H and O–H groups in total. The van der Waals surface area contributed by atoms with Crippen LogP contribution in [0.5, 0.6) is 0 Å². The molecule has 1 aliphatic carbocycles. The Bertz CT molecular complexity index is 2790. The van der Waals surface area contributed by atoms with Crippen molar-refractivity contribution in [2.45, 2.75) is 113 Å². The lowest BCUT2D eigenvalue weighted by Gasteiger charge is -2.32. The molecule has 1 aliphatic rings. The van der Waals surface area contributed by atoms with Crippen LogP contribution in [0.4, 0.5) is 34.1 Å². The summed E-state index contributed by atoms with van der Waals surface area (Å²) < 4.78 is 0. The van der Waals surface area contributed by atoms with Crippen LogP contribution in [-0.4, -0.2) is 0 Å². The average molecular weight is 825 g/mol.